The third-order valence-corrected chi connectivity index (χ3v) is 3.57. The summed E-state index contributed by atoms with van der Waals surface area (Å²) in [5.74, 6) is -0.0659. The van der Waals surface area contributed by atoms with Crippen LogP contribution in [-0.2, 0) is 11.3 Å². The highest BCUT2D eigenvalue weighted by Gasteiger charge is 2.03. The predicted molar refractivity (Wildman–Crippen MR) is 89.0 cm³/mol. The minimum atomic E-state index is -0.0659. The third kappa shape index (κ3) is 4.23. The second-order valence-corrected chi connectivity index (χ2v) is 5.57. The number of amides is 1. The predicted octanol–water partition coefficient (Wildman–Crippen LogP) is 4.53. The minimum Gasteiger partial charge on any atom is -0.381 e. The molecule has 0 radical (unpaired) electrons. The van der Waals surface area contributed by atoms with Gasteiger partial charge in [0.1, 0.15) is 0 Å². The zero-order valence-electron chi connectivity index (χ0n) is 12.5. The zero-order valence-corrected chi connectivity index (χ0v) is 13.2. The SMILES string of the molecule is CC(=O)Nc1cc(NCc2ccc(Cl)cc2C)ccc1C. The van der Waals surface area contributed by atoms with E-state index in [1.165, 1.54) is 12.5 Å². The standard InChI is InChI=1S/C17H19ClN2O/c1-11-4-7-16(9-17(11)20-13(3)21)19-10-14-5-6-15(18)8-12(14)2/h4-9,19H,10H2,1-3H3,(H,20,21). The van der Waals surface area contributed by atoms with Gasteiger partial charge >= 0.3 is 0 Å². The lowest BCUT2D eigenvalue weighted by atomic mass is 10.1. The van der Waals surface area contributed by atoms with Crippen LogP contribution in [0.4, 0.5) is 11.4 Å². The average molecular weight is 303 g/mol. The van der Waals surface area contributed by atoms with E-state index in [9.17, 15) is 4.79 Å². The summed E-state index contributed by atoms with van der Waals surface area (Å²) in [4.78, 5) is 11.2. The molecule has 0 saturated heterocycles. The van der Waals surface area contributed by atoms with E-state index in [1.54, 1.807) is 0 Å². The molecule has 0 heterocycles. The summed E-state index contributed by atoms with van der Waals surface area (Å²) in [6.45, 7) is 6.24. The molecule has 2 N–H and O–H groups in total. The second-order valence-electron chi connectivity index (χ2n) is 5.14. The van der Waals surface area contributed by atoms with Gasteiger partial charge in [0.25, 0.3) is 0 Å². The molecule has 0 aliphatic heterocycles. The van der Waals surface area contributed by atoms with Gasteiger partial charge in [-0.1, -0.05) is 23.7 Å². The molecule has 21 heavy (non-hydrogen) atoms. The Morgan fingerprint density at radius 3 is 2.52 bits per heavy atom. The Labute approximate surface area is 130 Å². The summed E-state index contributed by atoms with van der Waals surface area (Å²) < 4.78 is 0. The number of hydrogen-bond acceptors (Lipinski definition) is 2. The fraction of sp³-hybridized carbons (Fsp3) is 0.235. The van der Waals surface area contributed by atoms with Crippen molar-refractivity contribution in [1.82, 2.24) is 0 Å². The molecule has 0 unspecified atom stereocenters. The number of carbonyl (C=O) groups is 1. The van der Waals surface area contributed by atoms with Crippen molar-refractivity contribution < 1.29 is 4.79 Å². The van der Waals surface area contributed by atoms with Gasteiger partial charge in [-0.25, -0.2) is 0 Å². The van der Waals surface area contributed by atoms with Gasteiger partial charge in [0.05, 0.1) is 0 Å². The summed E-state index contributed by atoms with van der Waals surface area (Å²) in [6, 6.07) is 11.8. The molecule has 110 valence electrons. The number of carbonyl (C=O) groups excluding carboxylic acids is 1. The van der Waals surface area contributed by atoms with Crippen LogP contribution in [-0.4, -0.2) is 5.91 Å². The van der Waals surface area contributed by atoms with Crippen LogP contribution in [0.15, 0.2) is 36.4 Å². The van der Waals surface area contributed by atoms with Crippen LogP contribution in [0.5, 0.6) is 0 Å². The van der Waals surface area contributed by atoms with Crippen molar-refractivity contribution in [3.05, 3.63) is 58.1 Å². The van der Waals surface area contributed by atoms with Crippen molar-refractivity contribution >= 4 is 28.9 Å². The third-order valence-electron chi connectivity index (χ3n) is 3.34. The molecule has 2 aromatic rings. The van der Waals surface area contributed by atoms with Gasteiger partial charge < -0.3 is 10.6 Å². The molecular weight excluding hydrogens is 284 g/mol. The first kappa shape index (κ1) is 15.4. The molecular formula is C17H19ClN2O. The molecule has 1 amide bonds. The Bertz CT molecular complexity index is 668. The highest BCUT2D eigenvalue weighted by atomic mass is 35.5. The minimum absolute atomic E-state index is 0.0659. The summed E-state index contributed by atoms with van der Waals surface area (Å²) in [5.41, 5.74) is 5.20. The van der Waals surface area contributed by atoms with Crippen LogP contribution in [0.2, 0.25) is 5.02 Å². The summed E-state index contributed by atoms with van der Waals surface area (Å²) in [7, 11) is 0. The van der Waals surface area contributed by atoms with Crippen molar-refractivity contribution in [2.75, 3.05) is 10.6 Å². The van der Waals surface area contributed by atoms with E-state index < -0.39 is 0 Å². The van der Waals surface area contributed by atoms with Gasteiger partial charge in [-0.05, 0) is 54.8 Å². The van der Waals surface area contributed by atoms with Gasteiger partial charge in [-0.15, -0.1) is 0 Å². The molecule has 0 aliphatic rings. The second kappa shape index (κ2) is 6.64. The molecule has 3 nitrogen and oxygen atoms in total. The van der Waals surface area contributed by atoms with Crippen LogP contribution in [0.3, 0.4) is 0 Å². The van der Waals surface area contributed by atoms with Gasteiger partial charge in [0, 0.05) is 29.9 Å². The smallest absolute Gasteiger partial charge is 0.221 e. The molecule has 2 aromatic carbocycles. The fourth-order valence-corrected chi connectivity index (χ4v) is 2.34. The van der Waals surface area contributed by atoms with Crippen molar-refractivity contribution in [3.8, 4) is 0 Å². The number of halogens is 1. The lowest BCUT2D eigenvalue weighted by Crippen LogP contribution is -2.08. The topological polar surface area (TPSA) is 41.1 Å². The van der Waals surface area contributed by atoms with Gasteiger partial charge in [-0.2, -0.15) is 0 Å². The summed E-state index contributed by atoms with van der Waals surface area (Å²) in [6.07, 6.45) is 0. The van der Waals surface area contributed by atoms with Crippen LogP contribution in [0.1, 0.15) is 23.6 Å². The van der Waals surface area contributed by atoms with Crippen LogP contribution in [0, 0.1) is 13.8 Å². The monoisotopic (exact) mass is 302 g/mol. The molecule has 0 fully saturated rings. The van der Waals surface area contributed by atoms with Crippen molar-refractivity contribution in [2.45, 2.75) is 27.3 Å². The molecule has 0 aliphatic carbocycles. The Balaban J connectivity index is 2.11. The van der Waals surface area contributed by atoms with E-state index >= 15 is 0 Å². The number of nitrogens with one attached hydrogen (secondary N) is 2. The van der Waals surface area contributed by atoms with Crippen molar-refractivity contribution in [2.24, 2.45) is 0 Å². The molecule has 4 heteroatoms. The Morgan fingerprint density at radius 2 is 1.86 bits per heavy atom. The Morgan fingerprint density at radius 1 is 1.10 bits per heavy atom. The quantitative estimate of drug-likeness (QED) is 0.871. The fourth-order valence-electron chi connectivity index (χ4n) is 2.11. The lowest BCUT2D eigenvalue weighted by molar-refractivity contribution is -0.114. The molecule has 2 rings (SSSR count). The van der Waals surface area contributed by atoms with E-state index in [2.05, 4.69) is 10.6 Å². The van der Waals surface area contributed by atoms with Gasteiger partial charge in [-0.3, -0.25) is 4.79 Å². The Kier molecular flexibility index (Phi) is 4.86. The van der Waals surface area contributed by atoms with Crippen LogP contribution < -0.4 is 10.6 Å². The van der Waals surface area contributed by atoms with E-state index in [1.807, 2.05) is 50.2 Å². The van der Waals surface area contributed by atoms with E-state index in [0.717, 1.165) is 27.5 Å². The van der Waals surface area contributed by atoms with E-state index in [4.69, 9.17) is 11.6 Å². The number of anilines is 2. The van der Waals surface area contributed by atoms with E-state index in [-0.39, 0.29) is 5.91 Å². The number of benzene rings is 2. The number of aryl methyl sites for hydroxylation is 2. The lowest BCUT2D eigenvalue weighted by Gasteiger charge is -2.12. The first-order valence-corrected chi connectivity index (χ1v) is 7.20. The number of rotatable bonds is 4. The van der Waals surface area contributed by atoms with Crippen molar-refractivity contribution in [3.63, 3.8) is 0 Å². The van der Waals surface area contributed by atoms with Gasteiger partial charge in [0.2, 0.25) is 5.91 Å². The number of hydrogen-bond donors (Lipinski definition) is 2. The normalized spacial score (nSPS) is 10.3. The first-order chi connectivity index (χ1) is 9.95. The van der Waals surface area contributed by atoms with Gasteiger partial charge in [0.15, 0.2) is 0 Å². The maximum Gasteiger partial charge on any atom is 0.221 e. The Hall–Kier alpha value is -2.00. The molecule has 0 saturated carbocycles. The summed E-state index contributed by atoms with van der Waals surface area (Å²) in [5, 5.41) is 6.95. The first-order valence-electron chi connectivity index (χ1n) is 6.83. The summed E-state index contributed by atoms with van der Waals surface area (Å²) >= 11 is 5.96. The highest BCUT2D eigenvalue weighted by molar-refractivity contribution is 6.30. The van der Waals surface area contributed by atoms with Crippen LogP contribution >= 0.6 is 11.6 Å². The molecule has 0 aromatic heterocycles. The van der Waals surface area contributed by atoms with Crippen LogP contribution in [0.25, 0.3) is 0 Å². The van der Waals surface area contributed by atoms with E-state index in [0.29, 0.717) is 6.54 Å². The van der Waals surface area contributed by atoms with Crippen molar-refractivity contribution in [1.29, 1.82) is 0 Å². The zero-order chi connectivity index (χ0) is 15.4. The maximum atomic E-state index is 11.2. The molecule has 0 spiro atoms. The molecule has 0 bridgehead atoms. The highest BCUT2D eigenvalue weighted by Crippen LogP contribution is 2.22. The average Bonchev–Trinajstić information content (AvgIpc) is 2.40. The maximum absolute atomic E-state index is 11.2. The largest absolute Gasteiger partial charge is 0.381 e. The molecule has 0 atom stereocenters.